The Labute approximate surface area is 278 Å². The number of ether oxygens (including phenoxy) is 5. The van der Waals surface area contributed by atoms with Gasteiger partial charge >= 0.3 is 12.2 Å². The molecule has 47 heavy (non-hydrogen) atoms. The summed E-state index contributed by atoms with van der Waals surface area (Å²) >= 11 is 0. The zero-order valence-electron chi connectivity index (χ0n) is 28.7. The highest BCUT2D eigenvalue weighted by molar-refractivity contribution is 6.07. The molecule has 2 saturated heterocycles. The third-order valence-electron chi connectivity index (χ3n) is 9.14. The summed E-state index contributed by atoms with van der Waals surface area (Å²) < 4.78 is 28.6. The number of ketones is 1. The van der Waals surface area contributed by atoms with Crippen molar-refractivity contribution >= 4 is 23.9 Å². The fourth-order valence-corrected chi connectivity index (χ4v) is 6.54. The van der Waals surface area contributed by atoms with E-state index in [0.29, 0.717) is 25.7 Å². The van der Waals surface area contributed by atoms with Crippen LogP contribution in [0.3, 0.4) is 0 Å². The number of allylic oxidation sites excluding steroid dienone is 1. The molecule has 0 aromatic heterocycles. The van der Waals surface area contributed by atoms with Gasteiger partial charge in [0.05, 0.1) is 37.3 Å². The van der Waals surface area contributed by atoms with E-state index in [1.54, 1.807) is 13.0 Å². The van der Waals surface area contributed by atoms with E-state index in [9.17, 15) is 24.3 Å². The maximum absolute atomic E-state index is 14.2. The van der Waals surface area contributed by atoms with Crippen molar-refractivity contribution in [2.24, 2.45) is 23.7 Å². The van der Waals surface area contributed by atoms with Crippen LogP contribution >= 0.6 is 0 Å². The Bertz CT molecular complexity index is 1210. The summed E-state index contributed by atoms with van der Waals surface area (Å²) in [5.41, 5.74) is 0.932. The number of methoxy groups -OCH3 is 1. The van der Waals surface area contributed by atoms with E-state index in [2.05, 4.69) is 6.58 Å². The van der Waals surface area contributed by atoms with Crippen LogP contribution in [0.1, 0.15) is 52.5 Å². The van der Waals surface area contributed by atoms with E-state index in [1.807, 2.05) is 63.2 Å². The maximum Gasteiger partial charge on any atom is 0.508 e. The summed E-state index contributed by atoms with van der Waals surface area (Å²) in [6, 6.07) is 8.61. The highest BCUT2D eigenvalue weighted by atomic mass is 16.8. The molecule has 2 fully saturated rings. The van der Waals surface area contributed by atoms with Crippen molar-refractivity contribution in [1.29, 1.82) is 0 Å². The summed E-state index contributed by atoms with van der Waals surface area (Å²) in [7, 11) is 4.94. The van der Waals surface area contributed by atoms with E-state index in [4.69, 9.17) is 23.7 Å². The topological polar surface area (TPSA) is 141 Å². The quantitative estimate of drug-likeness (QED) is 0.155. The van der Waals surface area contributed by atoms with Gasteiger partial charge in [-0.3, -0.25) is 9.59 Å². The molecule has 2 aliphatic rings. The number of rotatable bonds is 16. The molecular formula is C35H52N2O10. The number of hydrogen-bond acceptors (Lipinski definition) is 11. The second-order valence-corrected chi connectivity index (χ2v) is 13.1. The Hall–Kier alpha value is -3.32. The van der Waals surface area contributed by atoms with Gasteiger partial charge in [0, 0.05) is 12.5 Å². The summed E-state index contributed by atoms with van der Waals surface area (Å²) in [6.07, 6.45) is -1.16. The van der Waals surface area contributed by atoms with Crippen molar-refractivity contribution in [2.75, 3.05) is 34.4 Å². The molecule has 1 N–H and O–H groups in total. The Morgan fingerprint density at radius 2 is 1.85 bits per heavy atom. The average molecular weight is 661 g/mol. The van der Waals surface area contributed by atoms with Crippen LogP contribution < -0.4 is 0 Å². The van der Waals surface area contributed by atoms with Crippen LogP contribution in [0.25, 0.3) is 0 Å². The van der Waals surface area contributed by atoms with Gasteiger partial charge in [0.25, 0.3) is 0 Å². The Morgan fingerprint density at radius 1 is 1.17 bits per heavy atom. The summed E-state index contributed by atoms with van der Waals surface area (Å²) in [6.45, 7) is 10.8. The van der Waals surface area contributed by atoms with Crippen LogP contribution in [0.15, 0.2) is 43.0 Å². The van der Waals surface area contributed by atoms with E-state index < -0.39 is 60.3 Å². The van der Waals surface area contributed by atoms with Crippen molar-refractivity contribution in [2.45, 2.75) is 90.1 Å². The van der Waals surface area contributed by atoms with Gasteiger partial charge in [0.15, 0.2) is 12.4 Å². The van der Waals surface area contributed by atoms with Gasteiger partial charge in [-0.1, -0.05) is 50.3 Å². The van der Waals surface area contributed by atoms with Crippen LogP contribution in [0.2, 0.25) is 0 Å². The number of nitrogens with zero attached hydrogens (tertiary/aromatic N) is 2. The molecule has 0 radical (unpaired) electrons. The zero-order valence-corrected chi connectivity index (χ0v) is 28.7. The fourth-order valence-electron chi connectivity index (χ4n) is 6.54. The van der Waals surface area contributed by atoms with Crippen molar-refractivity contribution in [3.05, 3.63) is 48.6 Å². The Kier molecular flexibility index (Phi) is 14.4. The number of Topliss-reactive ketones (excluding diaryl/α,β-unsaturated/α-hetero) is 1. The Balaban J connectivity index is 1.93. The molecule has 12 nitrogen and oxygen atoms in total. The van der Waals surface area contributed by atoms with Crippen LogP contribution in [-0.4, -0.2) is 110 Å². The summed E-state index contributed by atoms with van der Waals surface area (Å²) in [4.78, 5) is 56.1. The molecule has 1 aromatic rings. The average Bonchev–Trinajstić information content (AvgIpc) is 3.41. The smallest absolute Gasteiger partial charge is 0.447 e. The lowest BCUT2D eigenvalue weighted by Crippen LogP contribution is -2.57. The van der Waals surface area contributed by atoms with E-state index in [-0.39, 0.29) is 37.2 Å². The molecule has 0 unspecified atom stereocenters. The monoisotopic (exact) mass is 660 g/mol. The predicted octanol–water partition coefficient (Wildman–Crippen LogP) is 4.23. The van der Waals surface area contributed by atoms with E-state index >= 15 is 0 Å². The number of hydrogen-bond donors (Lipinski definition) is 1. The van der Waals surface area contributed by atoms with Crippen molar-refractivity contribution in [3.8, 4) is 0 Å². The second kappa shape index (κ2) is 17.7. The van der Waals surface area contributed by atoms with Crippen molar-refractivity contribution in [1.82, 2.24) is 9.80 Å². The number of aliphatic hydroxyl groups excluding tert-OH is 1. The van der Waals surface area contributed by atoms with E-state index in [0.717, 1.165) is 10.5 Å². The van der Waals surface area contributed by atoms with Gasteiger partial charge in [-0.2, -0.15) is 0 Å². The largest absolute Gasteiger partial charge is 0.508 e. The molecule has 262 valence electrons. The van der Waals surface area contributed by atoms with Crippen LogP contribution in [0, 0.1) is 23.7 Å². The zero-order chi connectivity index (χ0) is 34.8. The minimum Gasteiger partial charge on any atom is -0.447 e. The van der Waals surface area contributed by atoms with E-state index in [1.165, 1.54) is 14.0 Å². The molecule has 0 spiro atoms. The van der Waals surface area contributed by atoms with Crippen LogP contribution in [-0.2, 0) is 39.7 Å². The number of carbonyl (C=O) groups is 4. The molecule has 1 aromatic carbocycles. The first kappa shape index (κ1) is 38.1. The van der Waals surface area contributed by atoms with Crippen LogP contribution in [0.4, 0.5) is 9.59 Å². The second-order valence-electron chi connectivity index (χ2n) is 13.1. The van der Waals surface area contributed by atoms with Gasteiger partial charge in [-0.05, 0) is 71.0 Å². The number of aliphatic hydroxyl groups is 1. The lowest BCUT2D eigenvalue weighted by Gasteiger charge is -2.45. The molecule has 2 aliphatic heterocycles. The summed E-state index contributed by atoms with van der Waals surface area (Å²) in [5.74, 6) is -3.59. The summed E-state index contributed by atoms with van der Waals surface area (Å²) in [5, 5.41) is 9.91. The number of cyclic esters (lactones) is 1. The highest BCUT2D eigenvalue weighted by Crippen LogP contribution is 2.35. The number of imide groups is 1. The maximum atomic E-state index is 14.2. The van der Waals surface area contributed by atoms with Crippen molar-refractivity contribution < 1.29 is 48.0 Å². The van der Waals surface area contributed by atoms with Gasteiger partial charge in [-0.15, -0.1) is 6.58 Å². The lowest BCUT2D eigenvalue weighted by molar-refractivity contribution is -0.280. The van der Waals surface area contributed by atoms with Gasteiger partial charge in [0.2, 0.25) is 5.91 Å². The highest BCUT2D eigenvalue weighted by Gasteiger charge is 2.47. The third-order valence-corrected chi connectivity index (χ3v) is 9.14. The molecule has 2 amide bonds. The standard InChI is InChI=1S/C35H52N2O10/c1-9-13-26(16-21(2)19-38)30(46-33-31(47-35(42)43-8)28(36(6)7)17-22(3)45-33)23(4)29(39)24(5)32(40)37-27(20-44-34(37)41)18-25-14-11-10-12-15-25/h9-12,14-15,21-24,26-28,30-31,33,38H,1,13,16-20H2,2-8H3/t21-,22-,23+,24-,26+,27-,28+,30-,31-,33+/m1/s1. The molecule has 3 rings (SSSR count). The first-order valence-corrected chi connectivity index (χ1v) is 16.3. The normalized spacial score (nSPS) is 26.1. The Morgan fingerprint density at radius 3 is 2.45 bits per heavy atom. The molecule has 0 aliphatic carbocycles. The van der Waals surface area contributed by atoms with Gasteiger partial charge in [0.1, 0.15) is 12.4 Å². The molecule has 0 bridgehead atoms. The number of likely N-dealkylation sites (N-methyl/N-ethyl adjacent to an activating group) is 1. The molecule has 0 saturated carbocycles. The molecule has 12 heteroatoms. The third kappa shape index (κ3) is 9.85. The fraction of sp³-hybridized carbons (Fsp3) is 0.657. The van der Waals surface area contributed by atoms with Gasteiger partial charge < -0.3 is 33.7 Å². The SMILES string of the molecule is C=CC[C@@H](C[C@@H](C)CO)[C@H](O[C@@H]1O[C@H](C)C[C@H](N(C)C)[C@H]1OC(=O)OC)[C@@H](C)C(=O)[C@@H](C)C(=O)N1C(=O)OC[C@H]1Cc1ccccc1. The first-order chi connectivity index (χ1) is 22.3. The predicted molar refractivity (Wildman–Crippen MR) is 173 cm³/mol. The first-order valence-electron chi connectivity index (χ1n) is 16.3. The molecular weight excluding hydrogens is 608 g/mol. The van der Waals surface area contributed by atoms with Crippen molar-refractivity contribution in [3.63, 3.8) is 0 Å². The van der Waals surface area contributed by atoms with Gasteiger partial charge in [-0.25, -0.2) is 14.5 Å². The number of carbonyl (C=O) groups excluding carboxylic acids is 4. The number of amides is 2. The molecule has 2 heterocycles. The van der Waals surface area contributed by atoms with Crippen LogP contribution in [0.5, 0.6) is 0 Å². The minimum atomic E-state index is -1.19. The number of benzene rings is 1. The minimum absolute atomic E-state index is 0.0357. The lowest BCUT2D eigenvalue weighted by atomic mass is 9.79. The molecule has 10 atom stereocenters.